The summed E-state index contributed by atoms with van der Waals surface area (Å²) in [7, 11) is 0. The van der Waals surface area contributed by atoms with Crippen molar-refractivity contribution in [2.45, 2.75) is 51.3 Å². The Hall–Kier alpha value is -0.120. The van der Waals surface area contributed by atoms with E-state index in [1.54, 1.807) is 0 Å². The zero-order chi connectivity index (χ0) is 10.8. The van der Waals surface area contributed by atoms with Crippen LogP contribution in [-0.4, -0.2) is 59.3 Å². The number of aliphatic hydroxyl groups excluding tert-OH is 1. The van der Waals surface area contributed by atoms with Gasteiger partial charge in [-0.25, -0.2) is 0 Å². The van der Waals surface area contributed by atoms with Crippen LogP contribution in [0.4, 0.5) is 0 Å². The first-order valence-corrected chi connectivity index (χ1v) is 6.37. The maximum atomic E-state index is 9.56. The summed E-state index contributed by atoms with van der Waals surface area (Å²) < 4.78 is 0. The van der Waals surface area contributed by atoms with Gasteiger partial charge in [-0.05, 0) is 32.7 Å². The minimum atomic E-state index is -0.0329. The Labute approximate surface area is 93.1 Å². The van der Waals surface area contributed by atoms with Crippen molar-refractivity contribution >= 4 is 0 Å². The second kappa shape index (κ2) is 4.81. The van der Waals surface area contributed by atoms with Crippen molar-refractivity contribution in [3.63, 3.8) is 0 Å². The lowest BCUT2D eigenvalue weighted by Gasteiger charge is -2.42. The topological polar surface area (TPSA) is 26.7 Å². The van der Waals surface area contributed by atoms with Crippen molar-refractivity contribution in [3.8, 4) is 0 Å². The molecule has 0 amide bonds. The third-order valence-electron chi connectivity index (χ3n) is 4.10. The molecule has 3 unspecified atom stereocenters. The van der Waals surface area contributed by atoms with Gasteiger partial charge in [-0.15, -0.1) is 0 Å². The quantitative estimate of drug-likeness (QED) is 0.737. The summed E-state index contributed by atoms with van der Waals surface area (Å²) >= 11 is 0. The van der Waals surface area contributed by atoms with Gasteiger partial charge in [-0.2, -0.15) is 0 Å². The lowest BCUT2D eigenvalue weighted by Crippen LogP contribution is -2.54. The molecule has 15 heavy (non-hydrogen) atoms. The summed E-state index contributed by atoms with van der Waals surface area (Å²) in [5.41, 5.74) is 0. The van der Waals surface area contributed by atoms with Crippen molar-refractivity contribution in [2.75, 3.05) is 26.2 Å². The molecule has 1 aliphatic heterocycles. The van der Waals surface area contributed by atoms with Crippen LogP contribution >= 0.6 is 0 Å². The number of hydrogen-bond acceptors (Lipinski definition) is 3. The molecule has 1 N–H and O–H groups in total. The van der Waals surface area contributed by atoms with Gasteiger partial charge in [-0.1, -0.05) is 6.92 Å². The van der Waals surface area contributed by atoms with Crippen LogP contribution < -0.4 is 0 Å². The van der Waals surface area contributed by atoms with Gasteiger partial charge in [0, 0.05) is 31.7 Å². The van der Waals surface area contributed by atoms with Gasteiger partial charge in [0.1, 0.15) is 0 Å². The molecule has 1 saturated carbocycles. The van der Waals surface area contributed by atoms with Gasteiger partial charge in [0.25, 0.3) is 0 Å². The summed E-state index contributed by atoms with van der Waals surface area (Å²) in [5, 5.41) is 9.56. The van der Waals surface area contributed by atoms with Crippen LogP contribution in [0.25, 0.3) is 0 Å². The fraction of sp³-hybridized carbons (Fsp3) is 1.00. The van der Waals surface area contributed by atoms with E-state index in [4.69, 9.17) is 0 Å². The minimum absolute atomic E-state index is 0.0329. The molecule has 0 spiro atoms. The maximum absolute atomic E-state index is 9.56. The minimum Gasteiger partial charge on any atom is -0.393 e. The van der Waals surface area contributed by atoms with E-state index in [1.165, 1.54) is 32.6 Å². The molecular formula is C12H24N2O. The van der Waals surface area contributed by atoms with E-state index in [1.807, 2.05) is 0 Å². The molecule has 3 nitrogen and oxygen atoms in total. The molecule has 1 aliphatic carbocycles. The highest BCUT2D eigenvalue weighted by Crippen LogP contribution is 2.25. The van der Waals surface area contributed by atoms with E-state index in [0.29, 0.717) is 12.1 Å². The number of nitrogens with zero attached hydrogens (tertiary/aromatic N) is 2. The van der Waals surface area contributed by atoms with Crippen LogP contribution in [-0.2, 0) is 0 Å². The highest BCUT2D eigenvalue weighted by Gasteiger charge is 2.32. The van der Waals surface area contributed by atoms with Crippen molar-refractivity contribution in [2.24, 2.45) is 0 Å². The Balaban J connectivity index is 1.85. The molecule has 88 valence electrons. The molecule has 1 heterocycles. The number of piperazine rings is 1. The normalized spacial score (nSPS) is 39.8. The fourth-order valence-electron chi connectivity index (χ4n) is 3.09. The number of aliphatic hydroxyl groups is 1. The van der Waals surface area contributed by atoms with Crippen LogP contribution in [0.15, 0.2) is 0 Å². The highest BCUT2D eigenvalue weighted by molar-refractivity contribution is 4.87. The number of hydrogen-bond donors (Lipinski definition) is 1. The summed E-state index contributed by atoms with van der Waals surface area (Å²) in [6, 6.07) is 1.34. The van der Waals surface area contributed by atoms with Crippen molar-refractivity contribution < 1.29 is 5.11 Å². The summed E-state index contributed by atoms with van der Waals surface area (Å²) in [6.07, 6.45) is 3.17. The third-order valence-corrected chi connectivity index (χ3v) is 4.10. The second-order valence-electron chi connectivity index (χ2n) is 5.09. The summed E-state index contributed by atoms with van der Waals surface area (Å²) in [6.45, 7) is 9.31. The molecule has 3 heteroatoms. The lowest BCUT2D eigenvalue weighted by molar-refractivity contribution is 0.0553. The van der Waals surface area contributed by atoms with Crippen molar-refractivity contribution in [1.82, 2.24) is 9.80 Å². The predicted octanol–water partition coefficient (Wildman–Crippen LogP) is 0.926. The molecule has 3 atom stereocenters. The molecule has 0 radical (unpaired) electrons. The Morgan fingerprint density at radius 3 is 2.60 bits per heavy atom. The highest BCUT2D eigenvalue weighted by atomic mass is 16.3. The standard InChI is InChI=1S/C12H24N2O/c1-3-13-6-7-14(9-10(13)2)11-4-5-12(15)8-11/h10-12,15H,3-9H2,1-2H3. The zero-order valence-electron chi connectivity index (χ0n) is 10.0. The second-order valence-corrected chi connectivity index (χ2v) is 5.09. The van der Waals surface area contributed by atoms with Gasteiger partial charge >= 0.3 is 0 Å². The van der Waals surface area contributed by atoms with Crippen LogP contribution in [0.1, 0.15) is 33.1 Å². The average Bonchev–Trinajstić information content (AvgIpc) is 2.65. The van der Waals surface area contributed by atoms with Gasteiger partial charge < -0.3 is 5.11 Å². The van der Waals surface area contributed by atoms with Gasteiger partial charge in [0.05, 0.1) is 6.10 Å². The molecule has 2 aliphatic rings. The van der Waals surface area contributed by atoms with Gasteiger partial charge in [0.2, 0.25) is 0 Å². The molecular weight excluding hydrogens is 188 g/mol. The number of likely N-dealkylation sites (N-methyl/N-ethyl adjacent to an activating group) is 1. The molecule has 2 fully saturated rings. The molecule has 0 bridgehead atoms. The monoisotopic (exact) mass is 212 g/mol. The first kappa shape index (κ1) is 11.4. The summed E-state index contributed by atoms with van der Waals surface area (Å²) in [4.78, 5) is 5.13. The fourth-order valence-corrected chi connectivity index (χ4v) is 3.09. The number of rotatable bonds is 2. The van der Waals surface area contributed by atoms with E-state index in [-0.39, 0.29) is 6.10 Å². The summed E-state index contributed by atoms with van der Waals surface area (Å²) in [5.74, 6) is 0. The van der Waals surface area contributed by atoms with E-state index < -0.39 is 0 Å². The molecule has 1 saturated heterocycles. The maximum Gasteiger partial charge on any atom is 0.0555 e. The third kappa shape index (κ3) is 2.52. The average molecular weight is 212 g/mol. The van der Waals surface area contributed by atoms with E-state index in [9.17, 15) is 5.11 Å². The van der Waals surface area contributed by atoms with E-state index in [2.05, 4.69) is 23.6 Å². The van der Waals surface area contributed by atoms with Gasteiger partial charge in [-0.3, -0.25) is 9.80 Å². The Morgan fingerprint density at radius 2 is 2.07 bits per heavy atom. The first-order chi connectivity index (χ1) is 7.20. The molecule has 2 rings (SSSR count). The SMILES string of the molecule is CCN1CCN(C2CCC(O)C2)CC1C. The van der Waals surface area contributed by atoms with E-state index >= 15 is 0 Å². The first-order valence-electron chi connectivity index (χ1n) is 6.37. The Morgan fingerprint density at radius 1 is 1.27 bits per heavy atom. The smallest absolute Gasteiger partial charge is 0.0555 e. The van der Waals surface area contributed by atoms with Gasteiger partial charge in [0.15, 0.2) is 0 Å². The van der Waals surface area contributed by atoms with Crippen LogP contribution in [0.2, 0.25) is 0 Å². The van der Waals surface area contributed by atoms with Crippen LogP contribution in [0.5, 0.6) is 0 Å². The Kier molecular flexibility index (Phi) is 3.65. The van der Waals surface area contributed by atoms with Crippen LogP contribution in [0, 0.1) is 0 Å². The predicted molar refractivity (Wildman–Crippen MR) is 61.9 cm³/mol. The molecule has 0 aromatic carbocycles. The lowest BCUT2D eigenvalue weighted by atomic mass is 10.1. The zero-order valence-corrected chi connectivity index (χ0v) is 10.0. The molecule has 0 aromatic rings. The van der Waals surface area contributed by atoms with E-state index in [0.717, 1.165) is 12.8 Å². The Bertz CT molecular complexity index is 210. The van der Waals surface area contributed by atoms with Crippen molar-refractivity contribution in [3.05, 3.63) is 0 Å². The molecule has 0 aromatic heterocycles. The van der Waals surface area contributed by atoms with Crippen molar-refractivity contribution in [1.29, 1.82) is 0 Å². The van der Waals surface area contributed by atoms with Crippen LogP contribution in [0.3, 0.4) is 0 Å². The largest absolute Gasteiger partial charge is 0.393 e.